The van der Waals surface area contributed by atoms with Crippen LogP contribution in [0.15, 0.2) is 48.5 Å². The molecule has 2 aromatic carbocycles. The van der Waals surface area contributed by atoms with Crippen molar-refractivity contribution in [3.63, 3.8) is 0 Å². The number of aromatic nitrogens is 1. The van der Waals surface area contributed by atoms with E-state index >= 15 is 0 Å². The standard InChI is InChI=1S/C25H32NO4P/c1-5-29-25(27)17-22-19(2)26(18-20-10-7-6-8-11-20)24-13-12-21(16-23(22)24)30-14-9-15-31(3,4)28/h6-8,10-13,16H,5,9,14-15,17-18H2,1-4H3. The minimum Gasteiger partial charge on any atom is -0.494 e. The van der Waals surface area contributed by atoms with Crippen molar-refractivity contribution in [1.29, 1.82) is 0 Å². The molecular formula is C25H32NO4P. The van der Waals surface area contributed by atoms with Gasteiger partial charge in [0, 0.05) is 29.3 Å². The molecule has 0 aliphatic carbocycles. The van der Waals surface area contributed by atoms with Crippen LogP contribution in [0.3, 0.4) is 0 Å². The summed E-state index contributed by atoms with van der Waals surface area (Å²) in [5.41, 5.74) is 4.30. The fourth-order valence-electron chi connectivity index (χ4n) is 3.81. The van der Waals surface area contributed by atoms with Crippen LogP contribution in [0.1, 0.15) is 30.2 Å². The first-order valence-corrected chi connectivity index (χ1v) is 13.5. The Morgan fingerprint density at radius 3 is 2.52 bits per heavy atom. The van der Waals surface area contributed by atoms with E-state index in [2.05, 4.69) is 29.7 Å². The number of rotatable bonds is 10. The van der Waals surface area contributed by atoms with Gasteiger partial charge in [0.1, 0.15) is 5.75 Å². The Balaban J connectivity index is 1.91. The molecule has 0 bridgehead atoms. The first-order chi connectivity index (χ1) is 14.8. The van der Waals surface area contributed by atoms with Gasteiger partial charge in [-0.05, 0) is 62.9 Å². The van der Waals surface area contributed by atoms with E-state index in [1.165, 1.54) is 5.56 Å². The van der Waals surface area contributed by atoms with Crippen LogP contribution in [0.25, 0.3) is 10.9 Å². The topological polar surface area (TPSA) is 57.5 Å². The van der Waals surface area contributed by atoms with Gasteiger partial charge in [-0.25, -0.2) is 0 Å². The fourth-order valence-corrected chi connectivity index (χ4v) is 4.70. The Morgan fingerprint density at radius 1 is 1.10 bits per heavy atom. The number of nitrogens with zero attached hydrogens (tertiary/aromatic N) is 1. The predicted octanol–water partition coefficient (Wildman–Crippen LogP) is 5.50. The number of carbonyl (C=O) groups is 1. The summed E-state index contributed by atoms with van der Waals surface area (Å²) in [6.45, 7) is 9.10. The van der Waals surface area contributed by atoms with Crippen LogP contribution < -0.4 is 4.74 Å². The van der Waals surface area contributed by atoms with Crippen molar-refractivity contribution in [2.75, 3.05) is 32.7 Å². The Labute approximate surface area is 184 Å². The molecule has 0 saturated carbocycles. The second kappa shape index (κ2) is 10.2. The SMILES string of the molecule is CCOC(=O)Cc1c(C)n(Cc2ccccc2)c2ccc(OCCCP(C)(C)=O)cc12. The third-order valence-corrected chi connectivity index (χ3v) is 6.74. The number of ether oxygens (including phenoxy) is 2. The Kier molecular flexibility index (Phi) is 7.61. The van der Waals surface area contributed by atoms with Crippen LogP contribution in [0.2, 0.25) is 0 Å². The molecule has 0 saturated heterocycles. The first-order valence-electron chi connectivity index (χ1n) is 10.8. The van der Waals surface area contributed by atoms with Gasteiger partial charge in [0.25, 0.3) is 0 Å². The molecule has 0 amide bonds. The van der Waals surface area contributed by atoms with E-state index in [9.17, 15) is 9.36 Å². The molecule has 0 unspecified atom stereocenters. The molecule has 0 N–H and O–H groups in total. The number of hydrogen-bond donors (Lipinski definition) is 0. The molecule has 0 spiro atoms. The van der Waals surface area contributed by atoms with Gasteiger partial charge < -0.3 is 18.6 Å². The summed E-state index contributed by atoms with van der Waals surface area (Å²) in [7, 11) is -2.03. The number of hydrogen-bond acceptors (Lipinski definition) is 4. The van der Waals surface area contributed by atoms with Crippen LogP contribution in [0.5, 0.6) is 5.75 Å². The van der Waals surface area contributed by atoms with Crippen molar-refractivity contribution in [3.8, 4) is 5.75 Å². The molecule has 5 nitrogen and oxygen atoms in total. The van der Waals surface area contributed by atoms with E-state index in [-0.39, 0.29) is 12.4 Å². The zero-order valence-corrected chi connectivity index (χ0v) is 19.8. The Morgan fingerprint density at radius 2 is 1.84 bits per heavy atom. The van der Waals surface area contributed by atoms with E-state index in [4.69, 9.17) is 9.47 Å². The lowest BCUT2D eigenvalue weighted by molar-refractivity contribution is -0.142. The summed E-state index contributed by atoms with van der Waals surface area (Å²) in [5, 5.41) is 1.01. The third kappa shape index (κ3) is 6.24. The highest BCUT2D eigenvalue weighted by Crippen LogP contribution is 2.36. The molecular weight excluding hydrogens is 409 g/mol. The van der Waals surface area contributed by atoms with Gasteiger partial charge in [-0.1, -0.05) is 30.3 Å². The number of carbonyl (C=O) groups excluding carboxylic acids is 1. The predicted molar refractivity (Wildman–Crippen MR) is 127 cm³/mol. The number of fused-ring (bicyclic) bond motifs is 1. The molecule has 1 heterocycles. The molecule has 3 aromatic rings. The second-order valence-corrected chi connectivity index (χ2v) is 11.9. The smallest absolute Gasteiger partial charge is 0.310 e. The number of esters is 1. The Bertz CT molecular complexity index is 1080. The van der Waals surface area contributed by atoms with Crippen LogP contribution in [-0.2, 0) is 27.1 Å². The zero-order valence-electron chi connectivity index (χ0n) is 18.9. The van der Waals surface area contributed by atoms with E-state index in [1.807, 2.05) is 37.3 Å². The summed E-state index contributed by atoms with van der Waals surface area (Å²) in [6, 6.07) is 16.3. The summed E-state index contributed by atoms with van der Waals surface area (Å²) in [5.74, 6) is 0.536. The van der Waals surface area contributed by atoms with E-state index in [0.29, 0.717) is 19.4 Å². The quantitative estimate of drug-likeness (QED) is 0.237. The molecule has 6 heteroatoms. The number of benzene rings is 2. The molecule has 0 fully saturated rings. The molecule has 0 aliphatic heterocycles. The van der Waals surface area contributed by atoms with Crippen LogP contribution in [-0.4, -0.2) is 43.2 Å². The first kappa shape index (κ1) is 23.1. The molecule has 0 atom stereocenters. The van der Waals surface area contributed by atoms with Crippen LogP contribution in [0, 0.1) is 6.92 Å². The normalized spacial score (nSPS) is 11.6. The lowest BCUT2D eigenvalue weighted by Crippen LogP contribution is -2.09. The lowest BCUT2D eigenvalue weighted by atomic mass is 10.1. The second-order valence-electron chi connectivity index (χ2n) is 8.30. The average Bonchev–Trinajstić information content (AvgIpc) is 2.97. The average molecular weight is 442 g/mol. The van der Waals surface area contributed by atoms with Gasteiger partial charge in [-0.3, -0.25) is 4.79 Å². The highest BCUT2D eigenvalue weighted by molar-refractivity contribution is 7.62. The van der Waals surface area contributed by atoms with E-state index in [1.54, 1.807) is 13.3 Å². The minimum absolute atomic E-state index is 0.225. The summed E-state index contributed by atoms with van der Waals surface area (Å²) < 4.78 is 25.3. The summed E-state index contributed by atoms with van der Waals surface area (Å²) >= 11 is 0. The molecule has 166 valence electrons. The Hall–Kier alpha value is -2.52. The van der Waals surface area contributed by atoms with Gasteiger partial charge in [0.15, 0.2) is 0 Å². The van der Waals surface area contributed by atoms with Crippen molar-refractivity contribution in [2.24, 2.45) is 0 Å². The third-order valence-electron chi connectivity index (χ3n) is 5.35. The van der Waals surface area contributed by atoms with Crippen molar-refractivity contribution < 1.29 is 18.8 Å². The summed E-state index contributed by atoms with van der Waals surface area (Å²) in [4.78, 5) is 12.3. The van der Waals surface area contributed by atoms with E-state index in [0.717, 1.165) is 40.9 Å². The maximum atomic E-state index is 12.3. The highest BCUT2D eigenvalue weighted by Gasteiger charge is 2.18. The van der Waals surface area contributed by atoms with Crippen LogP contribution in [0.4, 0.5) is 0 Å². The van der Waals surface area contributed by atoms with Crippen molar-refractivity contribution >= 4 is 24.0 Å². The van der Waals surface area contributed by atoms with Gasteiger partial charge >= 0.3 is 5.97 Å². The van der Waals surface area contributed by atoms with Gasteiger partial charge in [0.05, 0.1) is 26.8 Å². The zero-order chi connectivity index (χ0) is 22.4. The maximum absolute atomic E-state index is 12.3. The molecule has 31 heavy (non-hydrogen) atoms. The van der Waals surface area contributed by atoms with Gasteiger partial charge in [-0.2, -0.15) is 0 Å². The largest absolute Gasteiger partial charge is 0.494 e. The maximum Gasteiger partial charge on any atom is 0.310 e. The molecule has 1 aromatic heterocycles. The lowest BCUT2D eigenvalue weighted by Gasteiger charge is -2.10. The molecule has 0 radical (unpaired) electrons. The monoisotopic (exact) mass is 441 g/mol. The minimum atomic E-state index is -2.03. The summed E-state index contributed by atoms with van der Waals surface area (Å²) in [6.07, 6.45) is 1.66. The van der Waals surface area contributed by atoms with Gasteiger partial charge in [0.2, 0.25) is 0 Å². The molecule has 3 rings (SSSR count). The fraction of sp³-hybridized carbons (Fsp3) is 0.400. The van der Waals surface area contributed by atoms with Crippen molar-refractivity contribution in [2.45, 2.75) is 33.2 Å². The van der Waals surface area contributed by atoms with Gasteiger partial charge in [-0.15, -0.1) is 0 Å². The van der Waals surface area contributed by atoms with E-state index < -0.39 is 7.14 Å². The highest BCUT2D eigenvalue weighted by atomic mass is 31.2. The van der Waals surface area contributed by atoms with Crippen LogP contribution >= 0.6 is 7.14 Å². The molecule has 0 aliphatic rings. The van der Waals surface area contributed by atoms with Crippen molar-refractivity contribution in [1.82, 2.24) is 4.57 Å². The van der Waals surface area contributed by atoms with Crippen molar-refractivity contribution in [3.05, 3.63) is 65.4 Å².